The van der Waals surface area contributed by atoms with Crippen LogP contribution in [0.2, 0.25) is 0 Å². The van der Waals surface area contributed by atoms with E-state index in [2.05, 4.69) is 0 Å². The fourth-order valence-corrected chi connectivity index (χ4v) is 1.29. The van der Waals surface area contributed by atoms with Crippen molar-refractivity contribution in [2.45, 2.75) is 6.29 Å². The molecule has 0 N–H and O–H groups in total. The summed E-state index contributed by atoms with van der Waals surface area (Å²) in [6.07, 6.45) is -0.139. The second-order valence-corrected chi connectivity index (χ2v) is 2.84. The van der Waals surface area contributed by atoms with Crippen molar-refractivity contribution in [3.63, 3.8) is 0 Å². The van der Waals surface area contributed by atoms with Crippen LogP contribution in [-0.4, -0.2) is 20.3 Å². The molecular formula is C9H11BO2. The van der Waals surface area contributed by atoms with Crippen LogP contribution in [0.5, 0.6) is 0 Å². The van der Waals surface area contributed by atoms with Crippen molar-refractivity contribution in [2.24, 2.45) is 0 Å². The largest absolute Gasteiger partial charge is 0.357 e. The van der Waals surface area contributed by atoms with Crippen LogP contribution in [0.25, 0.3) is 0 Å². The molecule has 1 aliphatic rings. The Balaban J connectivity index is 2.08. The Morgan fingerprint density at radius 1 is 1.08 bits per heavy atom. The zero-order valence-electron chi connectivity index (χ0n) is 6.90. The molecule has 3 heteroatoms. The molecule has 1 fully saturated rings. The van der Waals surface area contributed by atoms with Crippen molar-refractivity contribution >= 4 is 7.28 Å². The fraction of sp³-hybridized carbons (Fsp3) is 0.333. The minimum absolute atomic E-state index is 0.139. The van der Waals surface area contributed by atoms with Crippen LogP contribution in [0.15, 0.2) is 30.3 Å². The van der Waals surface area contributed by atoms with Gasteiger partial charge in [0.25, 0.3) is 0 Å². The molecule has 0 aromatic heterocycles. The quantitative estimate of drug-likeness (QED) is 0.575. The molecule has 0 atom stereocenters. The molecule has 2 rings (SSSR count). The van der Waals surface area contributed by atoms with Gasteiger partial charge in [-0.3, -0.25) is 0 Å². The van der Waals surface area contributed by atoms with E-state index in [-0.39, 0.29) is 6.29 Å². The van der Waals surface area contributed by atoms with Gasteiger partial charge in [-0.2, -0.15) is 0 Å². The molecule has 0 amide bonds. The fourth-order valence-electron chi connectivity index (χ4n) is 1.29. The zero-order valence-corrected chi connectivity index (χ0v) is 6.90. The first-order valence-corrected chi connectivity index (χ1v) is 4.25. The van der Waals surface area contributed by atoms with E-state index < -0.39 is 0 Å². The van der Waals surface area contributed by atoms with Crippen LogP contribution >= 0.6 is 0 Å². The minimum Gasteiger partial charge on any atom is -0.357 e. The van der Waals surface area contributed by atoms with Gasteiger partial charge in [0.1, 0.15) is 0 Å². The van der Waals surface area contributed by atoms with Gasteiger partial charge in [-0.05, 0) is 0 Å². The van der Waals surface area contributed by atoms with Crippen LogP contribution in [-0.2, 0) is 9.47 Å². The third kappa shape index (κ3) is 1.68. The average Bonchev–Trinajstić information content (AvgIpc) is 2.21. The van der Waals surface area contributed by atoms with Gasteiger partial charge in [0.15, 0.2) is 13.6 Å². The molecule has 2 nitrogen and oxygen atoms in total. The number of hydrogen-bond acceptors (Lipinski definition) is 2. The predicted octanol–water partition coefficient (Wildman–Crippen LogP) is 1.08. The summed E-state index contributed by atoms with van der Waals surface area (Å²) in [4.78, 5) is 0. The van der Waals surface area contributed by atoms with E-state index in [1.165, 1.54) is 0 Å². The van der Waals surface area contributed by atoms with Crippen molar-refractivity contribution in [3.8, 4) is 0 Å². The first-order valence-electron chi connectivity index (χ1n) is 4.25. The highest BCUT2D eigenvalue weighted by Gasteiger charge is 2.15. The lowest BCUT2D eigenvalue weighted by Crippen LogP contribution is -2.24. The highest BCUT2D eigenvalue weighted by atomic mass is 16.7. The van der Waals surface area contributed by atoms with Gasteiger partial charge in [-0.1, -0.05) is 30.3 Å². The first-order chi connectivity index (χ1) is 5.97. The van der Waals surface area contributed by atoms with Gasteiger partial charge >= 0.3 is 0 Å². The molecular weight excluding hydrogens is 151 g/mol. The van der Waals surface area contributed by atoms with Gasteiger partial charge in [-0.15, -0.1) is 0 Å². The molecule has 0 unspecified atom stereocenters. The van der Waals surface area contributed by atoms with Crippen molar-refractivity contribution in [1.29, 1.82) is 0 Å². The zero-order chi connectivity index (χ0) is 8.23. The Hall–Kier alpha value is -0.795. The molecule has 1 heterocycles. The third-order valence-corrected chi connectivity index (χ3v) is 1.90. The molecule has 62 valence electrons. The number of ether oxygens (including phenoxy) is 2. The van der Waals surface area contributed by atoms with E-state index in [1.807, 2.05) is 30.3 Å². The van der Waals surface area contributed by atoms with E-state index in [4.69, 9.17) is 9.47 Å². The third-order valence-electron chi connectivity index (χ3n) is 1.90. The standard InChI is InChI=1S/C9H11BO2/c1-2-4-8(5-3-1)9-11-6-10-7-12-9/h1-5,9-10H,6-7H2. The van der Waals surface area contributed by atoms with E-state index in [0.29, 0.717) is 0 Å². The molecule has 0 saturated carbocycles. The van der Waals surface area contributed by atoms with Crippen molar-refractivity contribution in [1.82, 2.24) is 0 Å². The Kier molecular flexibility index (Phi) is 2.44. The Morgan fingerprint density at radius 2 is 1.75 bits per heavy atom. The Bertz CT molecular complexity index is 232. The topological polar surface area (TPSA) is 18.5 Å². The van der Waals surface area contributed by atoms with Gasteiger partial charge in [0, 0.05) is 18.6 Å². The molecule has 0 spiro atoms. The van der Waals surface area contributed by atoms with Crippen LogP contribution in [0.3, 0.4) is 0 Å². The molecule has 0 aliphatic carbocycles. The van der Waals surface area contributed by atoms with E-state index in [1.54, 1.807) is 0 Å². The molecule has 12 heavy (non-hydrogen) atoms. The van der Waals surface area contributed by atoms with Crippen LogP contribution < -0.4 is 0 Å². The Morgan fingerprint density at radius 3 is 2.42 bits per heavy atom. The van der Waals surface area contributed by atoms with Gasteiger partial charge in [0.05, 0.1) is 0 Å². The van der Waals surface area contributed by atoms with Crippen LogP contribution in [0.1, 0.15) is 11.9 Å². The first kappa shape index (κ1) is 7.83. The van der Waals surface area contributed by atoms with E-state index in [9.17, 15) is 0 Å². The highest BCUT2D eigenvalue weighted by Crippen LogP contribution is 2.19. The van der Waals surface area contributed by atoms with Gasteiger partial charge in [-0.25, -0.2) is 0 Å². The summed E-state index contributed by atoms with van der Waals surface area (Å²) in [5, 5.41) is 0. The van der Waals surface area contributed by atoms with Gasteiger partial charge < -0.3 is 9.47 Å². The summed E-state index contributed by atoms with van der Waals surface area (Å²) in [5.41, 5.74) is 1.11. The lowest BCUT2D eigenvalue weighted by molar-refractivity contribution is -0.136. The van der Waals surface area contributed by atoms with Crippen LogP contribution in [0, 0.1) is 0 Å². The van der Waals surface area contributed by atoms with Crippen molar-refractivity contribution < 1.29 is 9.47 Å². The molecule has 1 aromatic carbocycles. The maximum Gasteiger partial charge on any atom is 0.185 e. The normalized spacial score (nSPS) is 18.7. The average molecular weight is 162 g/mol. The van der Waals surface area contributed by atoms with E-state index in [0.717, 1.165) is 25.9 Å². The monoisotopic (exact) mass is 162 g/mol. The molecule has 1 saturated heterocycles. The molecule has 0 bridgehead atoms. The number of rotatable bonds is 1. The summed E-state index contributed by atoms with van der Waals surface area (Å²) in [7, 11) is 1.00. The lowest BCUT2D eigenvalue weighted by atomic mass is 9.81. The van der Waals surface area contributed by atoms with Gasteiger partial charge in [0.2, 0.25) is 0 Å². The molecule has 1 aromatic rings. The molecule has 0 radical (unpaired) electrons. The maximum absolute atomic E-state index is 5.44. The highest BCUT2D eigenvalue weighted by molar-refractivity contribution is 6.35. The molecule has 1 aliphatic heterocycles. The van der Waals surface area contributed by atoms with E-state index >= 15 is 0 Å². The lowest BCUT2D eigenvalue weighted by Gasteiger charge is -2.22. The minimum atomic E-state index is -0.139. The van der Waals surface area contributed by atoms with Crippen molar-refractivity contribution in [2.75, 3.05) is 13.0 Å². The second-order valence-electron chi connectivity index (χ2n) is 2.84. The predicted molar refractivity (Wildman–Crippen MR) is 48.2 cm³/mol. The summed E-state index contributed by atoms with van der Waals surface area (Å²) in [5.74, 6) is 0. The second kappa shape index (κ2) is 3.74. The number of hydrogen-bond donors (Lipinski definition) is 0. The summed E-state index contributed by atoms with van der Waals surface area (Å²) >= 11 is 0. The SMILES string of the molecule is B1COC(c2ccccc2)OC1. The van der Waals surface area contributed by atoms with Crippen LogP contribution in [0.4, 0.5) is 0 Å². The number of benzene rings is 1. The maximum atomic E-state index is 5.44. The van der Waals surface area contributed by atoms with Crippen molar-refractivity contribution in [3.05, 3.63) is 35.9 Å². The summed E-state index contributed by atoms with van der Waals surface area (Å²) in [6, 6.07) is 10.0. The summed E-state index contributed by atoms with van der Waals surface area (Å²) < 4.78 is 10.9. The Labute approximate surface area is 72.7 Å². The summed E-state index contributed by atoms with van der Waals surface area (Å²) in [6.45, 7) is 1.61. The smallest absolute Gasteiger partial charge is 0.185 e.